The molecule has 1 unspecified atom stereocenters. The first-order chi connectivity index (χ1) is 9.19. The van der Waals surface area contributed by atoms with Crippen LogP contribution >= 0.6 is 0 Å². The molecule has 96 valence electrons. The third kappa shape index (κ3) is 2.00. The molecule has 0 amide bonds. The standard InChI is InChI=1S/C14H15N5/c15-13-7-8-17-14(16,18-13)11-5-1-2-6-12(11)19-9-3-4-10-19/h1-10,17H,16H2,(H2,15,18). The maximum atomic E-state index is 6.33. The van der Waals surface area contributed by atoms with Crippen molar-refractivity contribution in [1.29, 1.82) is 0 Å². The van der Waals surface area contributed by atoms with Crippen molar-refractivity contribution in [2.24, 2.45) is 16.5 Å². The van der Waals surface area contributed by atoms with Crippen LogP contribution in [0.3, 0.4) is 0 Å². The Bertz CT molecular complexity index is 642. The van der Waals surface area contributed by atoms with Crippen molar-refractivity contribution in [2.45, 2.75) is 5.79 Å². The number of para-hydroxylation sites is 1. The first-order valence-electron chi connectivity index (χ1n) is 6.00. The molecule has 3 rings (SSSR count). The number of benzene rings is 1. The van der Waals surface area contributed by atoms with Crippen LogP contribution in [-0.2, 0) is 5.79 Å². The van der Waals surface area contributed by atoms with E-state index in [4.69, 9.17) is 11.5 Å². The molecule has 0 fully saturated rings. The molecule has 1 aromatic carbocycles. The number of nitrogens with zero attached hydrogens (tertiary/aromatic N) is 2. The number of hydrogen-bond acceptors (Lipinski definition) is 4. The Labute approximate surface area is 111 Å². The number of rotatable bonds is 2. The Morgan fingerprint density at radius 2 is 1.84 bits per heavy atom. The Kier molecular flexibility index (Phi) is 2.61. The quantitative estimate of drug-likeness (QED) is 0.747. The van der Waals surface area contributed by atoms with Crippen LogP contribution in [0.4, 0.5) is 0 Å². The number of nitrogens with two attached hydrogens (primary N) is 2. The van der Waals surface area contributed by atoms with Crippen molar-refractivity contribution in [3.05, 3.63) is 66.6 Å². The first kappa shape index (κ1) is 11.6. The summed E-state index contributed by atoms with van der Waals surface area (Å²) in [6.07, 6.45) is 7.33. The summed E-state index contributed by atoms with van der Waals surface area (Å²) in [5.41, 5.74) is 13.9. The monoisotopic (exact) mass is 253 g/mol. The van der Waals surface area contributed by atoms with Crippen LogP contribution in [0, 0.1) is 0 Å². The number of aromatic nitrogens is 1. The van der Waals surface area contributed by atoms with Crippen LogP contribution in [0.15, 0.2) is 66.1 Å². The molecule has 1 aliphatic rings. The molecule has 1 aliphatic heterocycles. The van der Waals surface area contributed by atoms with E-state index in [2.05, 4.69) is 10.3 Å². The lowest BCUT2D eigenvalue weighted by Gasteiger charge is -2.30. The average molecular weight is 253 g/mol. The van der Waals surface area contributed by atoms with Gasteiger partial charge in [-0.25, -0.2) is 4.99 Å². The number of nitrogens with one attached hydrogen (secondary N) is 1. The Morgan fingerprint density at radius 1 is 1.11 bits per heavy atom. The number of hydrogen-bond donors (Lipinski definition) is 3. The fraction of sp³-hybridized carbons (Fsp3) is 0.0714. The lowest BCUT2D eigenvalue weighted by molar-refractivity contribution is 0.408. The highest BCUT2D eigenvalue weighted by atomic mass is 15.3. The van der Waals surface area contributed by atoms with E-state index in [-0.39, 0.29) is 0 Å². The van der Waals surface area contributed by atoms with Gasteiger partial charge in [-0.15, -0.1) is 0 Å². The normalized spacial score (nSPS) is 21.8. The molecular weight excluding hydrogens is 238 g/mol. The van der Waals surface area contributed by atoms with Gasteiger partial charge in [-0.3, -0.25) is 5.73 Å². The van der Waals surface area contributed by atoms with Crippen LogP contribution in [0.2, 0.25) is 0 Å². The molecule has 1 aromatic heterocycles. The maximum absolute atomic E-state index is 6.33. The fourth-order valence-corrected chi connectivity index (χ4v) is 2.18. The molecule has 0 radical (unpaired) electrons. The highest BCUT2D eigenvalue weighted by molar-refractivity contribution is 5.92. The van der Waals surface area contributed by atoms with Crippen molar-refractivity contribution in [1.82, 2.24) is 9.88 Å². The smallest absolute Gasteiger partial charge is 0.213 e. The van der Waals surface area contributed by atoms with Gasteiger partial charge in [0.2, 0.25) is 5.79 Å². The molecule has 5 N–H and O–H groups in total. The van der Waals surface area contributed by atoms with Crippen LogP contribution in [0.25, 0.3) is 5.69 Å². The predicted molar refractivity (Wildman–Crippen MR) is 75.5 cm³/mol. The van der Waals surface area contributed by atoms with Gasteiger partial charge in [-0.05, 0) is 24.3 Å². The molecule has 2 heterocycles. The minimum absolute atomic E-state index is 0.406. The van der Waals surface area contributed by atoms with Gasteiger partial charge in [0, 0.05) is 24.2 Å². The lowest BCUT2D eigenvalue weighted by Crippen LogP contribution is -2.50. The summed E-state index contributed by atoms with van der Waals surface area (Å²) < 4.78 is 2.00. The molecule has 19 heavy (non-hydrogen) atoms. The topological polar surface area (TPSA) is 81.4 Å². The number of aliphatic imine (C=N–C) groups is 1. The molecule has 0 saturated carbocycles. The van der Waals surface area contributed by atoms with Crippen molar-refractivity contribution in [3.63, 3.8) is 0 Å². The van der Waals surface area contributed by atoms with E-state index in [0.29, 0.717) is 5.84 Å². The van der Waals surface area contributed by atoms with Gasteiger partial charge in [-0.1, -0.05) is 18.2 Å². The molecule has 0 bridgehead atoms. The minimum Gasteiger partial charge on any atom is -0.384 e. The molecular formula is C14H15N5. The van der Waals surface area contributed by atoms with Crippen molar-refractivity contribution >= 4 is 5.84 Å². The summed E-state index contributed by atoms with van der Waals surface area (Å²) in [5.74, 6) is -0.636. The Morgan fingerprint density at radius 3 is 2.58 bits per heavy atom. The van der Waals surface area contributed by atoms with E-state index in [1.54, 1.807) is 12.3 Å². The second kappa shape index (κ2) is 4.29. The van der Waals surface area contributed by atoms with Gasteiger partial charge < -0.3 is 15.6 Å². The third-order valence-corrected chi connectivity index (χ3v) is 3.06. The van der Waals surface area contributed by atoms with E-state index >= 15 is 0 Å². The second-order valence-corrected chi connectivity index (χ2v) is 4.39. The summed E-state index contributed by atoms with van der Waals surface area (Å²) in [7, 11) is 0. The molecule has 1 atom stereocenters. The van der Waals surface area contributed by atoms with Crippen molar-refractivity contribution < 1.29 is 0 Å². The van der Waals surface area contributed by atoms with E-state index in [9.17, 15) is 0 Å². The van der Waals surface area contributed by atoms with Crippen LogP contribution in [-0.4, -0.2) is 10.4 Å². The Balaban J connectivity index is 2.14. The first-order valence-corrected chi connectivity index (χ1v) is 6.00. The van der Waals surface area contributed by atoms with Gasteiger partial charge in [0.05, 0.1) is 5.69 Å². The summed E-state index contributed by atoms with van der Waals surface area (Å²) in [5, 5.41) is 3.06. The summed E-state index contributed by atoms with van der Waals surface area (Å²) in [6.45, 7) is 0. The average Bonchev–Trinajstić information content (AvgIpc) is 2.92. The second-order valence-electron chi connectivity index (χ2n) is 4.39. The molecule has 0 aliphatic carbocycles. The van der Waals surface area contributed by atoms with E-state index in [1.165, 1.54) is 0 Å². The lowest BCUT2D eigenvalue weighted by atomic mass is 10.1. The van der Waals surface area contributed by atoms with Gasteiger partial charge in [0.15, 0.2) is 0 Å². The molecule has 5 heteroatoms. The SMILES string of the molecule is NC1=NC(N)(c2ccccc2-n2cccc2)NC=C1. The molecule has 5 nitrogen and oxygen atoms in total. The zero-order valence-corrected chi connectivity index (χ0v) is 10.3. The Hall–Kier alpha value is -2.53. The van der Waals surface area contributed by atoms with Gasteiger partial charge in [0.25, 0.3) is 0 Å². The van der Waals surface area contributed by atoms with E-state index < -0.39 is 5.79 Å². The van der Waals surface area contributed by atoms with Crippen molar-refractivity contribution in [2.75, 3.05) is 0 Å². The summed E-state index contributed by atoms with van der Waals surface area (Å²) in [6, 6.07) is 11.8. The van der Waals surface area contributed by atoms with Crippen molar-refractivity contribution in [3.8, 4) is 5.69 Å². The van der Waals surface area contributed by atoms with Gasteiger partial charge in [0.1, 0.15) is 5.84 Å². The van der Waals surface area contributed by atoms with Crippen LogP contribution < -0.4 is 16.8 Å². The molecule has 0 spiro atoms. The maximum Gasteiger partial charge on any atom is 0.213 e. The minimum atomic E-state index is -1.04. The molecule has 2 aromatic rings. The summed E-state index contributed by atoms with van der Waals surface area (Å²) in [4.78, 5) is 4.32. The third-order valence-electron chi connectivity index (χ3n) is 3.06. The predicted octanol–water partition coefficient (Wildman–Crippen LogP) is 1.02. The zero-order valence-electron chi connectivity index (χ0n) is 10.3. The highest BCUT2D eigenvalue weighted by Gasteiger charge is 2.30. The highest BCUT2D eigenvalue weighted by Crippen LogP contribution is 2.25. The van der Waals surface area contributed by atoms with Gasteiger partial charge >= 0.3 is 0 Å². The van der Waals surface area contributed by atoms with Crippen LogP contribution in [0.5, 0.6) is 0 Å². The van der Waals surface area contributed by atoms with E-state index in [0.717, 1.165) is 11.3 Å². The van der Waals surface area contributed by atoms with Gasteiger partial charge in [-0.2, -0.15) is 0 Å². The fourth-order valence-electron chi connectivity index (χ4n) is 2.18. The molecule has 0 saturated heterocycles. The van der Waals surface area contributed by atoms with Crippen LogP contribution in [0.1, 0.15) is 5.56 Å². The summed E-state index contributed by atoms with van der Waals surface area (Å²) >= 11 is 0. The number of amidine groups is 1. The zero-order chi connectivity index (χ0) is 13.3. The largest absolute Gasteiger partial charge is 0.384 e. The van der Waals surface area contributed by atoms with E-state index in [1.807, 2.05) is 53.4 Å².